The summed E-state index contributed by atoms with van der Waals surface area (Å²) in [5.74, 6) is 0.563. The third kappa shape index (κ3) is 4.32. The summed E-state index contributed by atoms with van der Waals surface area (Å²) < 4.78 is 5.73. The fourth-order valence-electron chi connectivity index (χ4n) is 4.89. The number of phenols is 1. The molecule has 0 saturated carbocycles. The molecule has 1 aromatic rings. The SMILES string of the molecule is O=C(Cc1cccc(O)c1)N1CCC2(CCC(=O)N(C[C@H]3CCCO3)C2)CC1. The van der Waals surface area contributed by atoms with Crippen LogP contribution in [0.4, 0.5) is 0 Å². The quantitative estimate of drug-likeness (QED) is 0.862. The van der Waals surface area contributed by atoms with E-state index >= 15 is 0 Å². The van der Waals surface area contributed by atoms with Crippen molar-refractivity contribution in [1.29, 1.82) is 0 Å². The van der Waals surface area contributed by atoms with Gasteiger partial charge in [0.05, 0.1) is 12.5 Å². The molecule has 1 atom stereocenters. The number of aromatic hydroxyl groups is 1. The van der Waals surface area contributed by atoms with Crippen LogP contribution in [-0.2, 0) is 20.7 Å². The molecule has 1 N–H and O–H groups in total. The van der Waals surface area contributed by atoms with E-state index in [4.69, 9.17) is 4.74 Å². The molecule has 3 aliphatic rings. The lowest BCUT2D eigenvalue weighted by Gasteiger charge is -2.47. The Labute approximate surface area is 166 Å². The standard InChI is InChI=1S/C22H30N2O4/c25-18-4-1-3-17(13-18)14-21(27)23-10-8-22(9-11-23)7-6-20(26)24(16-22)15-19-5-2-12-28-19/h1,3-4,13,19,25H,2,5-12,14-16H2/t19-/m1/s1. The molecule has 1 spiro atoms. The van der Waals surface area contributed by atoms with Gasteiger partial charge in [0.25, 0.3) is 0 Å². The van der Waals surface area contributed by atoms with Crippen molar-refractivity contribution in [2.75, 3.05) is 32.8 Å². The zero-order valence-corrected chi connectivity index (χ0v) is 16.4. The second-order valence-corrected chi connectivity index (χ2v) is 8.64. The highest BCUT2D eigenvalue weighted by atomic mass is 16.5. The van der Waals surface area contributed by atoms with Crippen molar-refractivity contribution >= 4 is 11.8 Å². The summed E-state index contributed by atoms with van der Waals surface area (Å²) in [5, 5.41) is 9.58. The molecule has 0 aliphatic carbocycles. The number of likely N-dealkylation sites (tertiary alicyclic amines) is 2. The molecule has 0 bridgehead atoms. The number of phenolic OH excluding ortho intramolecular Hbond substituents is 1. The van der Waals surface area contributed by atoms with Crippen molar-refractivity contribution in [3.8, 4) is 5.75 Å². The van der Waals surface area contributed by atoms with E-state index in [1.54, 1.807) is 18.2 Å². The molecule has 0 radical (unpaired) electrons. The van der Waals surface area contributed by atoms with Crippen molar-refractivity contribution < 1.29 is 19.4 Å². The van der Waals surface area contributed by atoms with Crippen LogP contribution in [0.5, 0.6) is 5.75 Å². The molecule has 6 heteroatoms. The fourth-order valence-corrected chi connectivity index (χ4v) is 4.89. The van der Waals surface area contributed by atoms with Gasteiger partial charge in [0.15, 0.2) is 0 Å². The van der Waals surface area contributed by atoms with Gasteiger partial charge < -0.3 is 19.6 Å². The minimum Gasteiger partial charge on any atom is -0.508 e. The van der Waals surface area contributed by atoms with Gasteiger partial charge in [0.2, 0.25) is 11.8 Å². The van der Waals surface area contributed by atoms with Crippen molar-refractivity contribution in [2.45, 2.75) is 51.0 Å². The Hall–Kier alpha value is -2.08. The van der Waals surface area contributed by atoms with Gasteiger partial charge in [0.1, 0.15) is 5.75 Å². The molecule has 6 nitrogen and oxygen atoms in total. The van der Waals surface area contributed by atoms with Gasteiger partial charge in [-0.3, -0.25) is 9.59 Å². The lowest BCUT2D eigenvalue weighted by Crippen LogP contribution is -2.53. The summed E-state index contributed by atoms with van der Waals surface area (Å²) in [6.07, 6.45) is 6.12. The normalized spacial score (nSPS) is 24.7. The molecule has 152 valence electrons. The first kappa shape index (κ1) is 19.2. The number of nitrogens with zero attached hydrogens (tertiary/aromatic N) is 2. The Morgan fingerprint density at radius 1 is 1.25 bits per heavy atom. The van der Waals surface area contributed by atoms with Crippen molar-refractivity contribution in [3.05, 3.63) is 29.8 Å². The second kappa shape index (κ2) is 8.11. The van der Waals surface area contributed by atoms with E-state index in [-0.39, 0.29) is 29.1 Å². The molecular weight excluding hydrogens is 356 g/mol. The van der Waals surface area contributed by atoms with E-state index in [2.05, 4.69) is 0 Å². The summed E-state index contributed by atoms with van der Waals surface area (Å²) in [6.45, 7) is 3.84. The Kier molecular flexibility index (Phi) is 5.58. The number of piperidine rings is 2. The van der Waals surface area contributed by atoms with Crippen molar-refractivity contribution in [3.63, 3.8) is 0 Å². The van der Waals surface area contributed by atoms with Crippen LogP contribution in [0, 0.1) is 5.41 Å². The van der Waals surface area contributed by atoms with Crippen LogP contribution in [0.2, 0.25) is 0 Å². The predicted octanol–water partition coefficient (Wildman–Crippen LogP) is 2.34. The second-order valence-electron chi connectivity index (χ2n) is 8.64. The van der Waals surface area contributed by atoms with Crippen molar-refractivity contribution in [2.24, 2.45) is 5.41 Å². The third-order valence-corrected chi connectivity index (χ3v) is 6.64. The number of amides is 2. The highest BCUT2D eigenvalue weighted by Crippen LogP contribution is 2.40. The van der Waals surface area contributed by atoms with Gasteiger partial charge in [-0.05, 0) is 55.2 Å². The van der Waals surface area contributed by atoms with Crippen LogP contribution in [0.25, 0.3) is 0 Å². The monoisotopic (exact) mass is 386 g/mol. The highest BCUT2D eigenvalue weighted by Gasteiger charge is 2.42. The predicted molar refractivity (Wildman–Crippen MR) is 105 cm³/mol. The average molecular weight is 386 g/mol. The van der Waals surface area contributed by atoms with E-state index < -0.39 is 0 Å². The van der Waals surface area contributed by atoms with Gasteiger partial charge in [0, 0.05) is 39.2 Å². The Balaban J connectivity index is 1.32. The maximum absolute atomic E-state index is 12.7. The van der Waals surface area contributed by atoms with Crippen LogP contribution in [-0.4, -0.2) is 65.6 Å². The molecular formula is C22H30N2O4. The molecule has 3 heterocycles. The maximum Gasteiger partial charge on any atom is 0.226 e. The average Bonchev–Trinajstić information content (AvgIpc) is 3.19. The van der Waals surface area contributed by atoms with E-state index in [1.165, 1.54) is 0 Å². The molecule has 28 heavy (non-hydrogen) atoms. The minimum atomic E-state index is 0.114. The number of rotatable bonds is 4. The molecule has 0 unspecified atom stereocenters. The number of ether oxygens (including phenoxy) is 1. The first-order valence-corrected chi connectivity index (χ1v) is 10.5. The number of hydrogen-bond acceptors (Lipinski definition) is 4. The first-order valence-electron chi connectivity index (χ1n) is 10.5. The lowest BCUT2D eigenvalue weighted by molar-refractivity contribution is -0.143. The van der Waals surface area contributed by atoms with Crippen LogP contribution >= 0.6 is 0 Å². The molecule has 4 rings (SSSR count). The number of carbonyl (C=O) groups excluding carboxylic acids is 2. The number of carbonyl (C=O) groups is 2. The smallest absolute Gasteiger partial charge is 0.226 e. The summed E-state index contributed by atoms with van der Waals surface area (Å²) in [5.41, 5.74) is 0.991. The fraction of sp³-hybridized carbons (Fsp3) is 0.636. The largest absolute Gasteiger partial charge is 0.508 e. The zero-order chi connectivity index (χ0) is 19.6. The van der Waals surface area contributed by atoms with E-state index in [1.807, 2.05) is 15.9 Å². The molecule has 0 aromatic heterocycles. The lowest BCUT2D eigenvalue weighted by atomic mass is 9.72. The summed E-state index contributed by atoms with van der Waals surface area (Å²) in [4.78, 5) is 29.0. The topological polar surface area (TPSA) is 70.1 Å². The molecule has 2 amide bonds. The molecule has 3 fully saturated rings. The van der Waals surface area contributed by atoms with Crippen LogP contribution in [0.15, 0.2) is 24.3 Å². The summed E-state index contributed by atoms with van der Waals surface area (Å²) in [7, 11) is 0. The van der Waals surface area contributed by atoms with Crippen LogP contribution in [0.1, 0.15) is 44.1 Å². The Morgan fingerprint density at radius 3 is 2.79 bits per heavy atom. The number of benzene rings is 1. The Bertz CT molecular complexity index is 721. The van der Waals surface area contributed by atoms with Gasteiger partial charge in [-0.15, -0.1) is 0 Å². The minimum absolute atomic E-state index is 0.114. The zero-order valence-electron chi connectivity index (χ0n) is 16.4. The first-order chi connectivity index (χ1) is 13.5. The van der Waals surface area contributed by atoms with Gasteiger partial charge in [-0.2, -0.15) is 0 Å². The highest BCUT2D eigenvalue weighted by molar-refractivity contribution is 5.79. The third-order valence-electron chi connectivity index (χ3n) is 6.64. The van der Waals surface area contributed by atoms with Gasteiger partial charge >= 0.3 is 0 Å². The molecule has 3 aliphatic heterocycles. The van der Waals surface area contributed by atoms with Crippen LogP contribution in [0.3, 0.4) is 0 Å². The Morgan fingerprint density at radius 2 is 2.07 bits per heavy atom. The molecule has 1 aromatic carbocycles. The molecule has 3 saturated heterocycles. The van der Waals surface area contributed by atoms with E-state index in [0.717, 1.165) is 70.5 Å². The van der Waals surface area contributed by atoms with E-state index in [0.29, 0.717) is 12.8 Å². The van der Waals surface area contributed by atoms with Crippen molar-refractivity contribution in [1.82, 2.24) is 9.80 Å². The summed E-state index contributed by atoms with van der Waals surface area (Å²) in [6, 6.07) is 6.91. The summed E-state index contributed by atoms with van der Waals surface area (Å²) >= 11 is 0. The van der Waals surface area contributed by atoms with Gasteiger partial charge in [-0.1, -0.05) is 12.1 Å². The van der Waals surface area contributed by atoms with Gasteiger partial charge in [-0.25, -0.2) is 0 Å². The van der Waals surface area contributed by atoms with Crippen LogP contribution < -0.4 is 0 Å². The maximum atomic E-state index is 12.7. The van der Waals surface area contributed by atoms with E-state index in [9.17, 15) is 14.7 Å². The number of hydrogen-bond donors (Lipinski definition) is 1.